The smallest absolute Gasteiger partial charge is 0.352 e. The molecule has 0 aliphatic carbocycles. The topological polar surface area (TPSA) is 59.3 Å². The number of hydrogen-bond acceptors (Lipinski definition) is 2. The van der Waals surface area contributed by atoms with Crippen LogP contribution in [0.3, 0.4) is 0 Å². The van der Waals surface area contributed by atoms with E-state index in [1.807, 2.05) is 0 Å². The number of hydrogen-bond donors (Lipinski definition) is 1. The van der Waals surface area contributed by atoms with Crippen LogP contribution < -0.4 is 0 Å². The minimum Gasteiger partial charge on any atom is -0.477 e. The number of aromatic nitrogens is 1. The van der Waals surface area contributed by atoms with Gasteiger partial charge in [-0.05, 0) is 23.8 Å². The van der Waals surface area contributed by atoms with E-state index in [4.69, 9.17) is 0 Å². The summed E-state index contributed by atoms with van der Waals surface area (Å²) in [5, 5.41) is 9.21. The molecule has 0 amide bonds. The molecule has 0 unspecified atom stereocenters. The molecular weight excluding hydrogens is 292 g/mol. The third-order valence-electron chi connectivity index (χ3n) is 3.26. The van der Waals surface area contributed by atoms with E-state index in [2.05, 4.69) is 0 Å². The first-order valence-corrected chi connectivity index (χ1v) is 6.71. The van der Waals surface area contributed by atoms with Gasteiger partial charge in [0.25, 0.3) is 0 Å². The Morgan fingerprint density at radius 2 is 1.86 bits per heavy atom. The molecule has 22 heavy (non-hydrogen) atoms. The molecular formula is C16H15F2NO3. The number of halogens is 2. The molecule has 0 radical (unpaired) electrons. The zero-order chi connectivity index (χ0) is 16.4. The summed E-state index contributed by atoms with van der Waals surface area (Å²) in [5.41, 5.74) is 0.615. The van der Waals surface area contributed by atoms with E-state index in [-0.39, 0.29) is 29.5 Å². The maximum absolute atomic E-state index is 13.2. The van der Waals surface area contributed by atoms with E-state index in [0.717, 1.165) is 12.1 Å². The Bertz CT molecular complexity index is 735. The largest absolute Gasteiger partial charge is 0.477 e. The van der Waals surface area contributed by atoms with Gasteiger partial charge in [-0.2, -0.15) is 0 Å². The molecule has 0 aliphatic heterocycles. The number of rotatable bonds is 5. The summed E-state index contributed by atoms with van der Waals surface area (Å²) in [6, 6.07) is 4.65. The maximum atomic E-state index is 13.2. The average molecular weight is 307 g/mol. The van der Waals surface area contributed by atoms with Crippen LogP contribution in [0.15, 0.2) is 30.5 Å². The van der Waals surface area contributed by atoms with E-state index in [0.29, 0.717) is 5.56 Å². The van der Waals surface area contributed by atoms with E-state index in [1.165, 1.54) is 22.9 Å². The fourth-order valence-corrected chi connectivity index (χ4v) is 2.12. The zero-order valence-corrected chi connectivity index (χ0v) is 12.1. The number of aromatic carboxylic acids is 1. The van der Waals surface area contributed by atoms with Crippen molar-refractivity contribution in [1.29, 1.82) is 0 Å². The van der Waals surface area contributed by atoms with Crippen molar-refractivity contribution in [3.05, 3.63) is 58.9 Å². The minimum absolute atomic E-state index is 0.0320. The highest BCUT2D eigenvalue weighted by atomic mass is 19.2. The van der Waals surface area contributed by atoms with Crippen LogP contribution in [0, 0.1) is 17.6 Å². The van der Waals surface area contributed by atoms with Crippen molar-refractivity contribution in [2.45, 2.75) is 20.4 Å². The van der Waals surface area contributed by atoms with Crippen LogP contribution in [0.4, 0.5) is 8.78 Å². The van der Waals surface area contributed by atoms with Gasteiger partial charge in [-0.3, -0.25) is 4.79 Å². The number of benzene rings is 1. The zero-order valence-electron chi connectivity index (χ0n) is 12.1. The molecule has 0 saturated heterocycles. The number of carbonyl (C=O) groups excluding carboxylic acids is 1. The van der Waals surface area contributed by atoms with Gasteiger partial charge in [-0.15, -0.1) is 0 Å². The second kappa shape index (κ2) is 6.09. The monoisotopic (exact) mass is 307 g/mol. The number of Topliss-reactive ketones (excluding diaryl/α,β-unsaturated/α-hetero) is 1. The molecule has 2 rings (SSSR count). The van der Waals surface area contributed by atoms with E-state index < -0.39 is 17.6 Å². The Labute approximate surface area is 126 Å². The lowest BCUT2D eigenvalue weighted by Crippen LogP contribution is -2.08. The van der Waals surface area contributed by atoms with Gasteiger partial charge in [-0.1, -0.05) is 19.9 Å². The van der Waals surface area contributed by atoms with E-state index >= 15 is 0 Å². The molecule has 0 atom stereocenters. The lowest BCUT2D eigenvalue weighted by atomic mass is 10.0. The van der Waals surface area contributed by atoms with Gasteiger partial charge in [0, 0.05) is 24.2 Å². The highest BCUT2D eigenvalue weighted by Gasteiger charge is 2.19. The summed E-state index contributed by atoms with van der Waals surface area (Å²) in [4.78, 5) is 23.2. The minimum atomic E-state index is -1.19. The molecule has 0 fully saturated rings. The Hall–Kier alpha value is -2.50. The third-order valence-corrected chi connectivity index (χ3v) is 3.26. The van der Waals surface area contributed by atoms with Crippen molar-refractivity contribution < 1.29 is 23.5 Å². The number of ketones is 1. The fraction of sp³-hybridized carbons (Fsp3) is 0.250. The van der Waals surface area contributed by atoms with Crippen LogP contribution in [0.25, 0.3) is 0 Å². The number of nitrogens with zero attached hydrogens (tertiary/aromatic N) is 1. The van der Waals surface area contributed by atoms with Crippen LogP contribution in [-0.2, 0) is 6.54 Å². The molecule has 0 bridgehead atoms. The van der Waals surface area contributed by atoms with Crippen molar-refractivity contribution in [2.75, 3.05) is 0 Å². The predicted molar refractivity (Wildman–Crippen MR) is 76.0 cm³/mol. The Morgan fingerprint density at radius 1 is 1.18 bits per heavy atom. The van der Waals surface area contributed by atoms with Gasteiger partial charge in [0.05, 0.1) is 0 Å². The molecule has 1 aromatic heterocycles. The molecule has 6 heteroatoms. The second-order valence-electron chi connectivity index (χ2n) is 5.31. The summed E-state index contributed by atoms with van der Waals surface area (Å²) < 4.78 is 27.5. The molecule has 1 aromatic carbocycles. The van der Waals surface area contributed by atoms with Gasteiger partial charge < -0.3 is 9.67 Å². The van der Waals surface area contributed by atoms with Crippen LogP contribution in [0.2, 0.25) is 0 Å². The van der Waals surface area contributed by atoms with Crippen LogP contribution in [0.1, 0.15) is 40.3 Å². The highest BCUT2D eigenvalue weighted by molar-refractivity contribution is 5.99. The fourth-order valence-electron chi connectivity index (χ4n) is 2.12. The van der Waals surface area contributed by atoms with Crippen LogP contribution in [-0.4, -0.2) is 21.4 Å². The number of carboxylic acids is 1. The molecule has 0 spiro atoms. The predicted octanol–water partition coefficient (Wildman–Crippen LogP) is 3.35. The van der Waals surface area contributed by atoms with Crippen LogP contribution >= 0.6 is 0 Å². The second-order valence-corrected chi connectivity index (χ2v) is 5.31. The third kappa shape index (κ3) is 3.21. The van der Waals surface area contributed by atoms with Gasteiger partial charge in [-0.25, -0.2) is 13.6 Å². The first kappa shape index (κ1) is 15.9. The highest BCUT2D eigenvalue weighted by Crippen LogP contribution is 2.17. The van der Waals surface area contributed by atoms with Gasteiger partial charge in [0.1, 0.15) is 5.69 Å². The summed E-state index contributed by atoms with van der Waals surface area (Å²) in [5.74, 6) is -3.59. The standard InChI is InChI=1S/C16H15F2NO3/c1-9(2)15(20)11-6-14(16(21)22)19(8-11)7-10-3-4-12(17)13(18)5-10/h3-6,8-9H,7H2,1-2H3,(H,21,22). The van der Waals surface area contributed by atoms with Gasteiger partial charge >= 0.3 is 5.97 Å². The molecule has 116 valence electrons. The van der Waals surface area contributed by atoms with E-state index in [1.54, 1.807) is 13.8 Å². The molecule has 1 N–H and O–H groups in total. The SMILES string of the molecule is CC(C)C(=O)c1cc(C(=O)O)n(Cc2ccc(F)c(F)c2)c1. The lowest BCUT2D eigenvalue weighted by molar-refractivity contribution is 0.0685. The number of carbonyl (C=O) groups is 2. The van der Waals surface area contributed by atoms with Gasteiger partial charge in [0.15, 0.2) is 17.4 Å². The van der Waals surface area contributed by atoms with Crippen LogP contribution in [0.5, 0.6) is 0 Å². The van der Waals surface area contributed by atoms with Gasteiger partial charge in [0.2, 0.25) is 0 Å². The van der Waals surface area contributed by atoms with Crippen molar-refractivity contribution >= 4 is 11.8 Å². The van der Waals surface area contributed by atoms with Crippen molar-refractivity contribution in [3.8, 4) is 0 Å². The molecule has 1 heterocycles. The molecule has 2 aromatic rings. The summed E-state index contributed by atoms with van der Waals surface area (Å²) >= 11 is 0. The average Bonchev–Trinajstić information content (AvgIpc) is 2.86. The quantitative estimate of drug-likeness (QED) is 0.862. The molecule has 0 saturated carbocycles. The Balaban J connectivity index is 2.38. The van der Waals surface area contributed by atoms with Crippen molar-refractivity contribution in [3.63, 3.8) is 0 Å². The molecule has 4 nitrogen and oxygen atoms in total. The van der Waals surface area contributed by atoms with E-state index in [9.17, 15) is 23.5 Å². The Kier molecular flexibility index (Phi) is 4.40. The van der Waals surface area contributed by atoms with Crippen molar-refractivity contribution in [2.24, 2.45) is 5.92 Å². The lowest BCUT2D eigenvalue weighted by Gasteiger charge is -2.07. The number of carboxylic acid groups (broad SMARTS) is 1. The Morgan fingerprint density at radius 3 is 2.41 bits per heavy atom. The molecule has 0 aliphatic rings. The first-order chi connectivity index (χ1) is 10.3. The normalized spacial score (nSPS) is 11.0. The first-order valence-electron chi connectivity index (χ1n) is 6.71. The maximum Gasteiger partial charge on any atom is 0.352 e. The summed E-state index contributed by atoms with van der Waals surface area (Å²) in [7, 11) is 0. The van der Waals surface area contributed by atoms with Crippen molar-refractivity contribution in [1.82, 2.24) is 4.57 Å². The summed E-state index contributed by atoms with van der Waals surface area (Å²) in [6.07, 6.45) is 1.42. The summed E-state index contributed by atoms with van der Waals surface area (Å²) in [6.45, 7) is 3.47.